The molecule has 3 aromatic rings. The monoisotopic (exact) mass is 629 g/mol. The van der Waals surface area contributed by atoms with E-state index in [1.807, 2.05) is 40.1 Å². The summed E-state index contributed by atoms with van der Waals surface area (Å²) in [5.74, 6) is -0.612. The summed E-state index contributed by atoms with van der Waals surface area (Å²) in [4.78, 5) is 63.0. The van der Waals surface area contributed by atoms with Gasteiger partial charge in [0.25, 0.3) is 0 Å². The lowest BCUT2D eigenvalue weighted by Crippen LogP contribution is -2.57. The topological polar surface area (TPSA) is 134 Å². The highest BCUT2D eigenvalue weighted by Gasteiger charge is 2.35. The van der Waals surface area contributed by atoms with E-state index >= 15 is 0 Å². The number of para-hydroxylation sites is 1. The van der Waals surface area contributed by atoms with E-state index in [-0.39, 0.29) is 30.4 Å². The molecule has 4 aliphatic heterocycles. The number of nitrogens with one attached hydrogen (secondary N) is 3. The van der Waals surface area contributed by atoms with Crippen molar-refractivity contribution in [1.82, 2.24) is 29.9 Å². The molecule has 3 fully saturated rings. The van der Waals surface area contributed by atoms with E-state index in [0.717, 1.165) is 42.7 Å². The molecule has 3 saturated heterocycles. The lowest BCUT2D eigenvalue weighted by molar-refractivity contribution is -0.134. The number of carbonyl (C=O) groups is 3. The molecule has 0 saturated carbocycles. The number of H-pyrrole nitrogens is 1. The van der Waals surface area contributed by atoms with E-state index in [4.69, 9.17) is 4.42 Å². The molecule has 12 nitrogen and oxygen atoms in total. The van der Waals surface area contributed by atoms with E-state index in [2.05, 4.69) is 20.5 Å². The van der Waals surface area contributed by atoms with Gasteiger partial charge < -0.3 is 34.7 Å². The second kappa shape index (κ2) is 13.2. The molecule has 0 aliphatic carbocycles. The Kier molecular flexibility index (Phi) is 8.70. The van der Waals surface area contributed by atoms with Crippen LogP contribution in [-0.2, 0) is 17.8 Å². The van der Waals surface area contributed by atoms with Crippen molar-refractivity contribution >= 4 is 34.8 Å². The van der Waals surface area contributed by atoms with E-state index in [9.17, 15) is 19.2 Å². The number of likely N-dealkylation sites (tertiary alicyclic amines) is 3. The van der Waals surface area contributed by atoms with Gasteiger partial charge in [-0.2, -0.15) is 0 Å². The van der Waals surface area contributed by atoms with E-state index in [1.165, 1.54) is 19.3 Å². The Hall–Kier alpha value is -4.32. The highest BCUT2D eigenvalue weighted by Crippen LogP contribution is 2.28. The molecule has 0 radical (unpaired) electrons. The first-order chi connectivity index (χ1) is 22.4. The van der Waals surface area contributed by atoms with E-state index in [0.29, 0.717) is 62.7 Å². The van der Waals surface area contributed by atoms with Crippen molar-refractivity contribution in [3.05, 3.63) is 64.1 Å². The molecule has 244 valence electrons. The van der Waals surface area contributed by atoms with Crippen molar-refractivity contribution in [3.8, 4) is 0 Å². The van der Waals surface area contributed by atoms with Gasteiger partial charge in [-0.05, 0) is 80.9 Å². The van der Waals surface area contributed by atoms with Gasteiger partial charge in [-0.25, -0.2) is 14.4 Å². The van der Waals surface area contributed by atoms with Gasteiger partial charge in [0, 0.05) is 56.9 Å². The quantitative estimate of drug-likeness (QED) is 0.381. The molecule has 1 aromatic heterocycles. The van der Waals surface area contributed by atoms with Crippen LogP contribution < -0.4 is 16.4 Å². The number of anilines is 1. The van der Waals surface area contributed by atoms with Gasteiger partial charge in [0.15, 0.2) is 5.58 Å². The fourth-order valence-corrected chi connectivity index (χ4v) is 7.65. The second-order valence-electron chi connectivity index (χ2n) is 13.1. The third kappa shape index (κ3) is 6.48. The first-order valence-electron chi connectivity index (χ1n) is 16.8. The summed E-state index contributed by atoms with van der Waals surface area (Å²) in [7, 11) is 0. The number of urea groups is 2. The minimum Gasteiger partial charge on any atom is -0.408 e. The Morgan fingerprint density at radius 3 is 2.37 bits per heavy atom. The summed E-state index contributed by atoms with van der Waals surface area (Å²) in [6.07, 6.45) is 7.27. The molecule has 1 atom stereocenters. The van der Waals surface area contributed by atoms with Crippen molar-refractivity contribution in [3.63, 3.8) is 0 Å². The van der Waals surface area contributed by atoms with Crippen LogP contribution in [0.2, 0.25) is 0 Å². The number of aromatic nitrogens is 1. The van der Waals surface area contributed by atoms with Gasteiger partial charge in [-0.15, -0.1) is 0 Å². The molecule has 0 spiro atoms. The summed E-state index contributed by atoms with van der Waals surface area (Å²) in [6.45, 7) is 5.16. The zero-order valence-electron chi connectivity index (χ0n) is 26.2. The summed E-state index contributed by atoms with van der Waals surface area (Å²) >= 11 is 0. The Labute approximate surface area is 268 Å². The molecule has 3 N–H and O–H groups in total. The fraction of sp³-hybridized carbons (Fsp3) is 0.529. The van der Waals surface area contributed by atoms with Gasteiger partial charge in [0.2, 0.25) is 5.91 Å². The van der Waals surface area contributed by atoms with Gasteiger partial charge in [0.05, 0.1) is 5.52 Å². The standard InChI is InChI=1S/C34H43N7O5/c42-31(39-16-10-25(11-17-39)38-14-4-1-5-15-38)29(20-23-8-9-28-30(21-23)46-34(45)37-28)36-32(43)40-18-12-26(13-19-40)41-22-24-6-2-3-7-27(24)35-33(41)44/h2-3,6-9,21,25-26,29H,1,4-5,10-20,22H2,(H,35,44)(H,36,43)(H,37,45). The number of rotatable bonds is 6. The zero-order chi connectivity index (χ0) is 31.6. The van der Waals surface area contributed by atoms with Crippen LogP contribution in [0.4, 0.5) is 15.3 Å². The number of aromatic amines is 1. The third-order valence-corrected chi connectivity index (χ3v) is 10.3. The van der Waals surface area contributed by atoms with Crippen molar-refractivity contribution in [1.29, 1.82) is 0 Å². The van der Waals surface area contributed by atoms with Crippen LogP contribution in [0.25, 0.3) is 11.1 Å². The summed E-state index contributed by atoms with van der Waals surface area (Å²) < 4.78 is 5.26. The van der Waals surface area contributed by atoms with Crippen LogP contribution in [0, 0.1) is 0 Å². The predicted octanol–water partition coefficient (Wildman–Crippen LogP) is 3.73. The number of piperidine rings is 3. The van der Waals surface area contributed by atoms with Crippen molar-refractivity contribution in [2.75, 3.05) is 44.6 Å². The largest absolute Gasteiger partial charge is 0.417 e. The molecule has 5 amide bonds. The van der Waals surface area contributed by atoms with Crippen LogP contribution in [-0.4, -0.2) is 99.9 Å². The first-order valence-corrected chi connectivity index (χ1v) is 16.8. The number of hydrogen-bond acceptors (Lipinski definition) is 6. The normalized spacial score (nSPS) is 20.8. The average Bonchev–Trinajstić information content (AvgIpc) is 3.47. The van der Waals surface area contributed by atoms with Gasteiger partial charge >= 0.3 is 17.8 Å². The molecular weight excluding hydrogens is 586 g/mol. The second-order valence-corrected chi connectivity index (χ2v) is 13.1. The number of amides is 5. The Balaban J connectivity index is 1.00. The molecule has 7 rings (SSSR count). The Morgan fingerprint density at radius 2 is 1.59 bits per heavy atom. The molecule has 12 heteroatoms. The maximum atomic E-state index is 14.0. The zero-order valence-corrected chi connectivity index (χ0v) is 26.2. The summed E-state index contributed by atoms with van der Waals surface area (Å²) in [5.41, 5.74) is 3.75. The number of hydrogen-bond donors (Lipinski definition) is 3. The maximum absolute atomic E-state index is 14.0. The average molecular weight is 630 g/mol. The number of benzene rings is 2. The van der Waals surface area contributed by atoms with Crippen LogP contribution in [0.1, 0.15) is 56.1 Å². The van der Waals surface area contributed by atoms with E-state index < -0.39 is 11.8 Å². The molecule has 5 heterocycles. The van der Waals surface area contributed by atoms with Crippen LogP contribution in [0.5, 0.6) is 0 Å². The maximum Gasteiger partial charge on any atom is 0.417 e. The fourth-order valence-electron chi connectivity index (χ4n) is 7.65. The predicted molar refractivity (Wildman–Crippen MR) is 173 cm³/mol. The minimum atomic E-state index is -0.760. The van der Waals surface area contributed by atoms with Gasteiger partial charge in [-0.1, -0.05) is 30.7 Å². The minimum absolute atomic E-state index is 0.0266. The summed E-state index contributed by atoms with van der Waals surface area (Å²) in [5, 5.41) is 6.06. The molecule has 0 bridgehead atoms. The van der Waals surface area contributed by atoms with Crippen LogP contribution in [0.3, 0.4) is 0 Å². The Bertz CT molecular complexity index is 1630. The smallest absolute Gasteiger partial charge is 0.408 e. The number of carbonyl (C=O) groups excluding carboxylic acids is 3. The van der Waals surface area contributed by atoms with Crippen molar-refractivity contribution < 1.29 is 18.8 Å². The van der Waals surface area contributed by atoms with Crippen molar-refractivity contribution in [2.45, 2.75) is 76.0 Å². The molecule has 46 heavy (non-hydrogen) atoms. The SMILES string of the molecule is O=C(NC(Cc1ccc2[nH]c(=O)oc2c1)C(=O)N1CCC(N2CCCCC2)CC1)N1CCC(N2Cc3ccccc3NC2=O)CC1. The van der Waals surface area contributed by atoms with Gasteiger partial charge in [-0.3, -0.25) is 9.78 Å². The highest BCUT2D eigenvalue weighted by atomic mass is 16.4. The lowest BCUT2D eigenvalue weighted by Gasteiger charge is -2.42. The number of oxazole rings is 1. The highest BCUT2D eigenvalue weighted by molar-refractivity contribution is 5.92. The first kappa shape index (κ1) is 30.3. The van der Waals surface area contributed by atoms with Crippen LogP contribution in [0.15, 0.2) is 51.7 Å². The molecule has 1 unspecified atom stereocenters. The number of fused-ring (bicyclic) bond motifs is 2. The van der Waals surface area contributed by atoms with Crippen LogP contribution >= 0.6 is 0 Å². The van der Waals surface area contributed by atoms with Crippen molar-refractivity contribution in [2.24, 2.45) is 0 Å². The Morgan fingerprint density at radius 1 is 0.870 bits per heavy atom. The molecular formula is C34H43N7O5. The third-order valence-electron chi connectivity index (χ3n) is 10.3. The van der Waals surface area contributed by atoms with Gasteiger partial charge in [0.1, 0.15) is 6.04 Å². The molecule has 2 aromatic carbocycles. The van der Waals surface area contributed by atoms with E-state index in [1.54, 1.807) is 17.0 Å². The molecule has 4 aliphatic rings. The lowest BCUT2D eigenvalue weighted by atomic mass is 9.98. The number of nitrogens with zero attached hydrogens (tertiary/aromatic N) is 4. The summed E-state index contributed by atoms with van der Waals surface area (Å²) in [6, 6.07) is 12.6.